The van der Waals surface area contributed by atoms with E-state index in [9.17, 15) is 0 Å². The van der Waals surface area contributed by atoms with E-state index < -0.39 is 0 Å². The molecule has 0 aliphatic carbocycles. The van der Waals surface area contributed by atoms with Crippen molar-refractivity contribution in [2.75, 3.05) is 26.7 Å². The Hall–Kier alpha value is -1.97. The number of aryl methyl sites for hydroxylation is 1. The van der Waals surface area contributed by atoms with Crippen LogP contribution in [0.5, 0.6) is 5.75 Å². The predicted molar refractivity (Wildman–Crippen MR) is 94.8 cm³/mol. The SMILES string of the molecule is C/C=C/CCN=C(NCC)NCCc1ccc(C)c(OC)c1. The Morgan fingerprint density at radius 2 is 2.14 bits per heavy atom. The minimum atomic E-state index is 0.804. The van der Waals surface area contributed by atoms with Crippen LogP contribution >= 0.6 is 0 Å². The molecule has 4 heteroatoms. The van der Waals surface area contributed by atoms with Gasteiger partial charge in [0, 0.05) is 19.6 Å². The summed E-state index contributed by atoms with van der Waals surface area (Å²) in [5.74, 6) is 1.83. The van der Waals surface area contributed by atoms with Crippen molar-refractivity contribution in [3.8, 4) is 5.75 Å². The number of methoxy groups -OCH3 is 1. The highest BCUT2D eigenvalue weighted by atomic mass is 16.5. The van der Waals surface area contributed by atoms with E-state index in [1.165, 1.54) is 5.56 Å². The lowest BCUT2D eigenvalue weighted by atomic mass is 10.1. The Balaban J connectivity index is 2.48. The monoisotopic (exact) mass is 303 g/mol. The summed E-state index contributed by atoms with van der Waals surface area (Å²) in [6.07, 6.45) is 6.10. The van der Waals surface area contributed by atoms with Gasteiger partial charge in [-0.25, -0.2) is 0 Å². The zero-order valence-electron chi connectivity index (χ0n) is 14.3. The zero-order valence-corrected chi connectivity index (χ0v) is 14.3. The average Bonchev–Trinajstić information content (AvgIpc) is 2.53. The first-order valence-corrected chi connectivity index (χ1v) is 7.98. The normalized spacial score (nSPS) is 11.7. The van der Waals surface area contributed by atoms with Gasteiger partial charge in [0.25, 0.3) is 0 Å². The molecule has 0 saturated heterocycles. The predicted octanol–water partition coefficient (Wildman–Crippen LogP) is 3.07. The van der Waals surface area contributed by atoms with Gasteiger partial charge in [-0.05, 0) is 50.8 Å². The third kappa shape index (κ3) is 6.66. The summed E-state index contributed by atoms with van der Waals surface area (Å²) in [6.45, 7) is 8.69. The van der Waals surface area contributed by atoms with Gasteiger partial charge in [0.05, 0.1) is 7.11 Å². The molecule has 1 aromatic rings. The van der Waals surface area contributed by atoms with Gasteiger partial charge in [0.15, 0.2) is 5.96 Å². The number of nitrogens with one attached hydrogen (secondary N) is 2. The number of aliphatic imine (C=N–C) groups is 1. The highest BCUT2D eigenvalue weighted by Crippen LogP contribution is 2.18. The molecule has 0 aliphatic heterocycles. The summed E-state index contributed by atoms with van der Waals surface area (Å²) in [4.78, 5) is 4.55. The van der Waals surface area contributed by atoms with Gasteiger partial charge >= 0.3 is 0 Å². The van der Waals surface area contributed by atoms with Crippen LogP contribution in [0.25, 0.3) is 0 Å². The van der Waals surface area contributed by atoms with Gasteiger partial charge in [-0.1, -0.05) is 24.3 Å². The van der Waals surface area contributed by atoms with Gasteiger partial charge in [0.2, 0.25) is 0 Å². The van der Waals surface area contributed by atoms with Crippen LogP contribution in [-0.4, -0.2) is 32.7 Å². The molecule has 0 unspecified atom stereocenters. The molecule has 0 amide bonds. The highest BCUT2D eigenvalue weighted by Gasteiger charge is 2.01. The second-order valence-corrected chi connectivity index (χ2v) is 5.10. The maximum atomic E-state index is 5.36. The first-order valence-electron chi connectivity index (χ1n) is 7.98. The summed E-state index contributed by atoms with van der Waals surface area (Å²) in [5.41, 5.74) is 2.43. The fourth-order valence-electron chi connectivity index (χ4n) is 2.10. The summed E-state index contributed by atoms with van der Waals surface area (Å²) in [7, 11) is 1.71. The van der Waals surface area contributed by atoms with E-state index in [2.05, 4.69) is 59.8 Å². The number of hydrogen-bond acceptors (Lipinski definition) is 2. The van der Waals surface area contributed by atoms with Gasteiger partial charge in [0.1, 0.15) is 5.75 Å². The van der Waals surface area contributed by atoms with Gasteiger partial charge in [-0.15, -0.1) is 0 Å². The largest absolute Gasteiger partial charge is 0.496 e. The van der Waals surface area contributed by atoms with Crippen LogP contribution in [0.1, 0.15) is 31.4 Å². The maximum Gasteiger partial charge on any atom is 0.191 e. The van der Waals surface area contributed by atoms with Crippen molar-refractivity contribution in [2.45, 2.75) is 33.6 Å². The molecule has 0 aromatic heterocycles. The Kier molecular flexibility index (Phi) is 8.80. The molecule has 0 aliphatic rings. The van der Waals surface area contributed by atoms with Crippen LogP contribution in [0.4, 0.5) is 0 Å². The van der Waals surface area contributed by atoms with Gasteiger partial charge in [-0.2, -0.15) is 0 Å². The van der Waals surface area contributed by atoms with Crippen LogP contribution in [0.15, 0.2) is 35.3 Å². The van der Waals surface area contributed by atoms with Crippen molar-refractivity contribution in [1.82, 2.24) is 10.6 Å². The molecular weight excluding hydrogens is 274 g/mol. The standard InChI is InChI=1S/C18H29N3O/c1-5-7-8-12-20-18(19-6-2)21-13-11-16-10-9-15(3)17(14-16)22-4/h5,7,9-10,14H,6,8,11-13H2,1-4H3,(H2,19,20,21)/b7-5+. The molecule has 0 spiro atoms. The molecule has 0 atom stereocenters. The zero-order chi connectivity index (χ0) is 16.2. The van der Waals surface area contributed by atoms with E-state index in [1.807, 2.05) is 6.92 Å². The molecule has 2 N–H and O–H groups in total. The molecule has 1 aromatic carbocycles. The first kappa shape index (κ1) is 18.1. The summed E-state index contributed by atoms with van der Waals surface area (Å²) < 4.78 is 5.36. The molecule has 0 radical (unpaired) electrons. The molecule has 0 heterocycles. The third-order valence-electron chi connectivity index (χ3n) is 3.32. The molecule has 122 valence electrons. The second-order valence-electron chi connectivity index (χ2n) is 5.10. The van der Waals surface area contributed by atoms with Crippen LogP contribution in [0.2, 0.25) is 0 Å². The number of ether oxygens (including phenoxy) is 1. The highest BCUT2D eigenvalue weighted by molar-refractivity contribution is 5.79. The van der Waals surface area contributed by atoms with Crippen LogP contribution in [0, 0.1) is 6.92 Å². The minimum Gasteiger partial charge on any atom is -0.496 e. The summed E-state index contributed by atoms with van der Waals surface area (Å²) in [5, 5.41) is 6.64. The van der Waals surface area contributed by atoms with Crippen molar-refractivity contribution >= 4 is 5.96 Å². The molecule has 4 nitrogen and oxygen atoms in total. The smallest absolute Gasteiger partial charge is 0.191 e. The molecule has 0 fully saturated rings. The average molecular weight is 303 g/mol. The van der Waals surface area contributed by atoms with E-state index in [1.54, 1.807) is 7.11 Å². The van der Waals surface area contributed by atoms with E-state index in [-0.39, 0.29) is 0 Å². The number of guanidine groups is 1. The topological polar surface area (TPSA) is 45.7 Å². The Morgan fingerprint density at radius 1 is 1.32 bits per heavy atom. The Bertz CT molecular complexity index is 495. The number of hydrogen-bond donors (Lipinski definition) is 2. The van der Waals surface area contributed by atoms with Crippen molar-refractivity contribution in [1.29, 1.82) is 0 Å². The van der Waals surface area contributed by atoms with Crippen LogP contribution < -0.4 is 15.4 Å². The lowest BCUT2D eigenvalue weighted by molar-refractivity contribution is 0.411. The van der Waals surface area contributed by atoms with Crippen molar-refractivity contribution in [3.05, 3.63) is 41.5 Å². The Morgan fingerprint density at radius 3 is 2.82 bits per heavy atom. The van der Waals surface area contributed by atoms with Gasteiger partial charge in [-0.3, -0.25) is 4.99 Å². The van der Waals surface area contributed by atoms with Crippen LogP contribution in [0.3, 0.4) is 0 Å². The summed E-state index contributed by atoms with van der Waals surface area (Å²) >= 11 is 0. The van der Waals surface area contributed by atoms with Crippen molar-refractivity contribution in [2.24, 2.45) is 4.99 Å². The first-order chi connectivity index (χ1) is 10.7. The van der Waals surface area contributed by atoms with E-state index in [4.69, 9.17) is 4.74 Å². The fourth-order valence-corrected chi connectivity index (χ4v) is 2.10. The maximum absolute atomic E-state index is 5.36. The van der Waals surface area contributed by atoms with Gasteiger partial charge < -0.3 is 15.4 Å². The Labute approximate surface area is 134 Å². The molecule has 22 heavy (non-hydrogen) atoms. The second kappa shape index (κ2) is 10.7. The molecule has 0 bridgehead atoms. The minimum absolute atomic E-state index is 0.804. The molecular formula is C18H29N3O. The quantitative estimate of drug-likeness (QED) is 0.336. The number of allylic oxidation sites excluding steroid dienone is 1. The lowest BCUT2D eigenvalue weighted by Gasteiger charge is -2.12. The third-order valence-corrected chi connectivity index (χ3v) is 3.32. The van der Waals surface area contributed by atoms with Crippen LogP contribution in [-0.2, 0) is 6.42 Å². The molecule has 1 rings (SSSR count). The molecule has 0 saturated carbocycles. The summed E-state index contributed by atoms with van der Waals surface area (Å²) in [6, 6.07) is 6.35. The number of nitrogens with zero attached hydrogens (tertiary/aromatic N) is 1. The number of benzene rings is 1. The van der Waals surface area contributed by atoms with E-state index in [0.29, 0.717) is 0 Å². The van der Waals surface area contributed by atoms with Crippen molar-refractivity contribution in [3.63, 3.8) is 0 Å². The van der Waals surface area contributed by atoms with E-state index in [0.717, 1.165) is 49.7 Å². The van der Waals surface area contributed by atoms with E-state index >= 15 is 0 Å². The fraction of sp³-hybridized carbons (Fsp3) is 0.500. The van der Waals surface area contributed by atoms with Crippen molar-refractivity contribution < 1.29 is 4.74 Å². The lowest BCUT2D eigenvalue weighted by Crippen LogP contribution is -2.38. The number of rotatable bonds is 8.